The zero-order chi connectivity index (χ0) is 14.1. The average Bonchev–Trinajstić information content (AvgIpc) is 2.98. The summed E-state index contributed by atoms with van der Waals surface area (Å²) in [7, 11) is 1.44. The Kier molecular flexibility index (Phi) is 3.78. The van der Waals surface area contributed by atoms with Crippen molar-refractivity contribution in [2.45, 2.75) is 45.4 Å². The van der Waals surface area contributed by atoms with Crippen LogP contribution in [0.5, 0.6) is 0 Å². The number of aryl methyl sites for hydroxylation is 2. The van der Waals surface area contributed by atoms with Gasteiger partial charge in [-0.25, -0.2) is 4.98 Å². The number of imidazole rings is 1. The predicted octanol–water partition coefficient (Wildman–Crippen LogP) is 3.02. The van der Waals surface area contributed by atoms with Crippen LogP contribution in [0.4, 0.5) is 0 Å². The summed E-state index contributed by atoms with van der Waals surface area (Å²) in [5.41, 5.74) is 3.97. The molecular formula is C15H20N2O2S. The molecule has 2 heterocycles. The van der Waals surface area contributed by atoms with Gasteiger partial charge in [0.2, 0.25) is 0 Å². The van der Waals surface area contributed by atoms with Gasteiger partial charge in [-0.05, 0) is 38.0 Å². The normalized spacial score (nSPS) is 18.2. The Morgan fingerprint density at radius 2 is 2.45 bits per heavy atom. The van der Waals surface area contributed by atoms with Gasteiger partial charge in [-0.15, -0.1) is 11.3 Å². The minimum absolute atomic E-state index is 0.127. The Bertz CT molecular complexity index is 629. The molecule has 0 saturated carbocycles. The van der Waals surface area contributed by atoms with Gasteiger partial charge in [0, 0.05) is 23.2 Å². The van der Waals surface area contributed by atoms with Gasteiger partial charge in [-0.2, -0.15) is 0 Å². The van der Waals surface area contributed by atoms with E-state index in [0.717, 1.165) is 36.6 Å². The number of ether oxygens (including phenoxy) is 1. The lowest BCUT2D eigenvalue weighted by Crippen LogP contribution is -2.13. The molecule has 0 aliphatic heterocycles. The van der Waals surface area contributed by atoms with Crippen molar-refractivity contribution < 1.29 is 9.53 Å². The van der Waals surface area contributed by atoms with E-state index in [2.05, 4.69) is 16.7 Å². The zero-order valence-electron chi connectivity index (χ0n) is 12.0. The van der Waals surface area contributed by atoms with Gasteiger partial charge in [0.1, 0.15) is 0 Å². The summed E-state index contributed by atoms with van der Waals surface area (Å²) in [5.74, 6) is 0.614. The summed E-state index contributed by atoms with van der Waals surface area (Å²) in [6.45, 7) is 2.31. The third kappa shape index (κ3) is 2.46. The molecule has 20 heavy (non-hydrogen) atoms. The third-order valence-corrected chi connectivity index (χ3v) is 4.94. The van der Waals surface area contributed by atoms with Gasteiger partial charge in [-0.1, -0.05) is 6.92 Å². The molecule has 0 amide bonds. The number of carbonyl (C=O) groups excluding carboxylic acids is 1. The van der Waals surface area contributed by atoms with Gasteiger partial charge in [0.05, 0.1) is 12.8 Å². The van der Waals surface area contributed by atoms with Crippen molar-refractivity contribution in [3.63, 3.8) is 0 Å². The van der Waals surface area contributed by atoms with E-state index in [1.807, 2.05) is 0 Å². The molecule has 108 valence electrons. The first kappa shape index (κ1) is 13.6. The van der Waals surface area contributed by atoms with Crippen molar-refractivity contribution in [1.82, 2.24) is 9.38 Å². The maximum absolute atomic E-state index is 11.2. The average molecular weight is 292 g/mol. The van der Waals surface area contributed by atoms with E-state index in [1.165, 1.54) is 30.6 Å². The Balaban J connectivity index is 1.81. The fraction of sp³-hybridized carbons (Fsp3) is 0.600. The van der Waals surface area contributed by atoms with E-state index in [-0.39, 0.29) is 5.97 Å². The van der Waals surface area contributed by atoms with Crippen molar-refractivity contribution in [2.24, 2.45) is 5.92 Å². The van der Waals surface area contributed by atoms with Crippen molar-refractivity contribution in [1.29, 1.82) is 0 Å². The van der Waals surface area contributed by atoms with E-state index < -0.39 is 0 Å². The summed E-state index contributed by atoms with van der Waals surface area (Å²) < 4.78 is 7.02. The lowest BCUT2D eigenvalue weighted by molar-refractivity contribution is -0.140. The smallest absolute Gasteiger partial charge is 0.305 e. The summed E-state index contributed by atoms with van der Waals surface area (Å²) >= 11 is 1.71. The summed E-state index contributed by atoms with van der Waals surface area (Å²) in [5, 5.41) is 2.18. The molecule has 0 radical (unpaired) electrons. The number of methoxy groups -OCH3 is 1. The Hall–Kier alpha value is -1.36. The predicted molar refractivity (Wildman–Crippen MR) is 79.2 cm³/mol. The number of carbonyl (C=O) groups is 1. The molecule has 1 unspecified atom stereocenters. The van der Waals surface area contributed by atoms with Crippen LogP contribution in [0.3, 0.4) is 0 Å². The number of nitrogens with zero attached hydrogens (tertiary/aromatic N) is 2. The quantitative estimate of drug-likeness (QED) is 0.814. The van der Waals surface area contributed by atoms with E-state index in [4.69, 9.17) is 9.72 Å². The van der Waals surface area contributed by atoms with Gasteiger partial charge in [-0.3, -0.25) is 9.20 Å². The summed E-state index contributed by atoms with van der Waals surface area (Å²) in [6.07, 6.45) is 5.70. The molecule has 0 aromatic carbocycles. The molecule has 2 aromatic rings. The van der Waals surface area contributed by atoms with Crippen molar-refractivity contribution >= 4 is 22.3 Å². The Morgan fingerprint density at radius 3 is 3.25 bits per heavy atom. The highest BCUT2D eigenvalue weighted by atomic mass is 32.1. The molecule has 5 heteroatoms. The van der Waals surface area contributed by atoms with Crippen molar-refractivity contribution in [2.75, 3.05) is 7.11 Å². The number of hydrogen-bond acceptors (Lipinski definition) is 4. The first-order valence-corrected chi connectivity index (χ1v) is 8.10. The highest BCUT2D eigenvalue weighted by Gasteiger charge is 2.22. The first-order chi connectivity index (χ1) is 9.69. The SMILES string of the molecule is COC(=O)CCCc1csc2nc3c(n12)CC(C)CC3. The van der Waals surface area contributed by atoms with Crippen LogP contribution in [-0.2, 0) is 28.8 Å². The largest absolute Gasteiger partial charge is 0.469 e. The minimum atomic E-state index is -0.127. The summed E-state index contributed by atoms with van der Waals surface area (Å²) in [4.78, 5) is 17.1. The summed E-state index contributed by atoms with van der Waals surface area (Å²) in [6, 6.07) is 0. The molecule has 0 fully saturated rings. The molecule has 1 atom stereocenters. The van der Waals surface area contributed by atoms with Crippen LogP contribution in [0.2, 0.25) is 0 Å². The maximum Gasteiger partial charge on any atom is 0.305 e. The molecule has 1 aliphatic carbocycles. The first-order valence-electron chi connectivity index (χ1n) is 7.22. The molecule has 0 bridgehead atoms. The lowest BCUT2D eigenvalue weighted by atomic mass is 9.91. The van der Waals surface area contributed by atoms with Crippen molar-refractivity contribution in [3.8, 4) is 0 Å². The number of esters is 1. The second-order valence-corrected chi connectivity index (χ2v) is 6.46. The minimum Gasteiger partial charge on any atom is -0.469 e. The van der Waals surface area contributed by atoms with Crippen LogP contribution in [0, 0.1) is 5.92 Å². The molecule has 3 rings (SSSR count). The number of rotatable bonds is 4. The van der Waals surface area contributed by atoms with Crippen LogP contribution >= 0.6 is 11.3 Å². The second kappa shape index (κ2) is 5.56. The van der Waals surface area contributed by atoms with Gasteiger partial charge in [0.15, 0.2) is 4.96 Å². The highest BCUT2D eigenvalue weighted by Crippen LogP contribution is 2.30. The van der Waals surface area contributed by atoms with Crippen LogP contribution in [0.1, 0.15) is 43.3 Å². The molecular weight excluding hydrogens is 272 g/mol. The molecule has 2 aromatic heterocycles. The maximum atomic E-state index is 11.2. The monoisotopic (exact) mass is 292 g/mol. The van der Waals surface area contributed by atoms with Gasteiger partial charge < -0.3 is 4.74 Å². The van der Waals surface area contributed by atoms with Gasteiger partial charge >= 0.3 is 5.97 Å². The lowest BCUT2D eigenvalue weighted by Gasteiger charge is -2.18. The van der Waals surface area contributed by atoms with E-state index in [1.54, 1.807) is 11.3 Å². The Morgan fingerprint density at radius 1 is 1.60 bits per heavy atom. The molecule has 0 saturated heterocycles. The second-order valence-electron chi connectivity index (χ2n) is 5.63. The fourth-order valence-electron chi connectivity index (χ4n) is 2.93. The third-order valence-electron chi connectivity index (χ3n) is 4.07. The van der Waals surface area contributed by atoms with E-state index in [9.17, 15) is 4.79 Å². The fourth-order valence-corrected chi connectivity index (χ4v) is 3.89. The van der Waals surface area contributed by atoms with Crippen LogP contribution < -0.4 is 0 Å². The molecule has 0 spiro atoms. The highest BCUT2D eigenvalue weighted by molar-refractivity contribution is 7.15. The van der Waals surface area contributed by atoms with Crippen molar-refractivity contribution in [3.05, 3.63) is 22.5 Å². The number of aromatic nitrogens is 2. The standard InChI is InChI=1S/C15H20N2O2S/c1-10-6-7-12-13(8-10)17-11(9-20-15(17)16-12)4-3-5-14(18)19-2/h9-10H,3-8H2,1-2H3. The van der Waals surface area contributed by atoms with Crippen LogP contribution in [-0.4, -0.2) is 22.5 Å². The molecule has 4 nitrogen and oxygen atoms in total. The number of fused-ring (bicyclic) bond motifs is 3. The van der Waals surface area contributed by atoms with E-state index >= 15 is 0 Å². The number of thiazole rings is 1. The van der Waals surface area contributed by atoms with Gasteiger partial charge in [0.25, 0.3) is 0 Å². The Labute approximate surface area is 122 Å². The number of hydrogen-bond donors (Lipinski definition) is 0. The molecule has 1 aliphatic rings. The van der Waals surface area contributed by atoms with E-state index in [0.29, 0.717) is 6.42 Å². The molecule has 0 N–H and O–H groups in total. The van der Waals surface area contributed by atoms with Crippen LogP contribution in [0.15, 0.2) is 5.38 Å². The zero-order valence-corrected chi connectivity index (χ0v) is 12.8. The van der Waals surface area contributed by atoms with Crippen LogP contribution in [0.25, 0.3) is 4.96 Å². The topological polar surface area (TPSA) is 43.6 Å².